The predicted molar refractivity (Wildman–Crippen MR) is 103 cm³/mol. The first-order valence-electron chi connectivity index (χ1n) is 10.1. The molecular weight excluding hydrogens is 324 g/mol. The molecule has 0 bridgehead atoms. The van der Waals surface area contributed by atoms with Gasteiger partial charge in [0.2, 0.25) is 0 Å². The van der Waals surface area contributed by atoms with Crippen LogP contribution < -0.4 is 0 Å². The van der Waals surface area contributed by atoms with Crippen LogP contribution >= 0.6 is 0 Å². The van der Waals surface area contributed by atoms with Gasteiger partial charge in [-0.15, -0.1) is 0 Å². The number of amides is 1. The summed E-state index contributed by atoms with van der Waals surface area (Å²) in [4.78, 5) is 17.6. The first-order chi connectivity index (χ1) is 12.4. The van der Waals surface area contributed by atoms with Crippen LogP contribution in [0.25, 0.3) is 0 Å². The van der Waals surface area contributed by atoms with Crippen LogP contribution in [0.1, 0.15) is 57.9 Å². The van der Waals surface area contributed by atoms with Gasteiger partial charge >= 0.3 is 6.09 Å². The molecule has 4 nitrogen and oxygen atoms in total. The lowest BCUT2D eigenvalue weighted by Gasteiger charge is -2.37. The van der Waals surface area contributed by atoms with Gasteiger partial charge in [-0.25, -0.2) is 4.79 Å². The van der Waals surface area contributed by atoms with Crippen LogP contribution in [-0.4, -0.2) is 53.7 Å². The number of ether oxygens (including phenoxy) is 1. The Morgan fingerprint density at radius 2 is 1.92 bits per heavy atom. The van der Waals surface area contributed by atoms with E-state index in [1.54, 1.807) is 0 Å². The van der Waals surface area contributed by atoms with Gasteiger partial charge in [-0.1, -0.05) is 30.3 Å². The van der Waals surface area contributed by atoms with Crippen molar-refractivity contribution >= 4 is 6.09 Å². The van der Waals surface area contributed by atoms with Crippen LogP contribution in [0.3, 0.4) is 0 Å². The van der Waals surface area contributed by atoms with Crippen LogP contribution in [0, 0.1) is 5.41 Å². The molecule has 0 radical (unpaired) electrons. The summed E-state index contributed by atoms with van der Waals surface area (Å²) in [7, 11) is 0. The fourth-order valence-corrected chi connectivity index (χ4v) is 4.14. The van der Waals surface area contributed by atoms with Gasteiger partial charge in [0.1, 0.15) is 5.60 Å². The Bertz CT molecular complexity index is 644. The smallest absolute Gasteiger partial charge is 0.410 e. The molecule has 26 heavy (non-hydrogen) atoms. The van der Waals surface area contributed by atoms with E-state index in [4.69, 9.17) is 4.74 Å². The average Bonchev–Trinajstić information content (AvgIpc) is 3.44. The van der Waals surface area contributed by atoms with Crippen LogP contribution in [0.5, 0.6) is 0 Å². The third-order valence-corrected chi connectivity index (χ3v) is 5.98. The lowest BCUT2D eigenvalue weighted by Crippen LogP contribution is -2.47. The van der Waals surface area contributed by atoms with Gasteiger partial charge in [-0.05, 0) is 65.1 Å². The number of likely N-dealkylation sites (tertiary alicyclic amines) is 1. The van der Waals surface area contributed by atoms with Crippen molar-refractivity contribution in [2.75, 3.05) is 26.2 Å². The van der Waals surface area contributed by atoms with Crippen molar-refractivity contribution in [2.24, 2.45) is 5.41 Å². The zero-order valence-electron chi connectivity index (χ0n) is 16.4. The lowest BCUT2D eigenvalue weighted by atomic mass is 10.0. The van der Waals surface area contributed by atoms with Crippen molar-refractivity contribution in [3.63, 3.8) is 0 Å². The number of nitrogens with zero attached hydrogens (tertiary/aromatic N) is 2. The monoisotopic (exact) mass is 356 g/mol. The van der Waals surface area contributed by atoms with Crippen molar-refractivity contribution in [3.8, 4) is 0 Å². The molecule has 2 aliphatic carbocycles. The largest absolute Gasteiger partial charge is 0.444 e. The molecule has 2 atom stereocenters. The third kappa shape index (κ3) is 4.06. The molecule has 1 aromatic carbocycles. The molecule has 1 amide bonds. The molecule has 1 aromatic rings. The normalized spacial score (nSPS) is 26.7. The van der Waals surface area contributed by atoms with E-state index < -0.39 is 5.60 Å². The van der Waals surface area contributed by atoms with E-state index in [9.17, 15) is 4.79 Å². The van der Waals surface area contributed by atoms with Crippen molar-refractivity contribution in [1.29, 1.82) is 0 Å². The highest BCUT2D eigenvalue weighted by molar-refractivity contribution is 5.69. The average molecular weight is 357 g/mol. The van der Waals surface area contributed by atoms with Crippen LogP contribution in [0.15, 0.2) is 30.3 Å². The van der Waals surface area contributed by atoms with Crippen LogP contribution in [0.2, 0.25) is 0 Å². The highest BCUT2D eigenvalue weighted by Crippen LogP contribution is 2.51. The number of rotatable bonds is 6. The standard InChI is InChI=1S/C22H32N2O2/c1-21(2,3)26-20(25)24(16-22(10-11-22)15-23-12-7-13-23)19-14-18(19)17-8-5-4-6-9-17/h4-6,8-9,18-19H,7,10-16H2,1-3H3/t18?,19-/m0/s1. The number of carbonyl (C=O) groups excluding carboxylic acids is 1. The summed E-state index contributed by atoms with van der Waals surface area (Å²) in [5.74, 6) is 0.462. The predicted octanol–water partition coefficient (Wildman–Crippen LogP) is 4.27. The molecule has 1 aliphatic heterocycles. The van der Waals surface area contributed by atoms with Crippen molar-refractivity contribution in [2.45, 2.75) is 64.0 Å². The van der Waals surface area contributed by atoms with Gasteiger partial charge in [0, 0.05) is 30.5 Å². The fraction of sp³-hybridized carbons (Fsp3) is 0.682. The minimum Gasteiger partial charge on any atom is -0.444 e. The van der Waals surface area contributed by atoms with E-state index in [0.717, 1.165) is 19.5 Å². The molecule has 3 fully saturated rings. The van der Waals surface area contributed by atoms with Crippen LogP contribution in [0.4, 0.5) is 4.79 Å². The van der Waals surface area contributed by atoms with Gasteiger partial charge in [0.05, 0.1) is 0 Å². The molecule has 1 heterocycles. The summed E-state index contributed by atoms with van der Waals surface area (Å²) in [6, 6.07) is 10.9. The van der Waals surface area contributed by atoms with Gasteiger partial charge in [-0.3, -0.25) is 0 Å². The molecular formula is C22H32N2O2. The highest BCUT2D eigenvalue weighted by atomic mass is 16.6. The number of hydrogen-bond acceptors (Lipinski definition) is 3. The second-order valence-corrected chi connectivity index (χ2v) is 9.56. The first kappa shape index (κ1) is 17.8. The molecule has 4 rings (SSSR count). The van der Waals surface area contributed by atoms with Crippen molar-refractivity contribution < 1.29 is 9.53 Å². The molecule has 4 heteroatoms. The lowest BCUT2D eigenvalue weighted by molar-refractivity contribution is 0.0158. The topological polar surface area (TPSA) is 32.8 Å². The van der Waals surface area contributed by atoms with E-state index in [-0.39, 0.29) is 6.09 Å². The summed E-state index contributed by atoms with van der Waals surface area (Å²) < 4.78 is 5.78. The molecule has 3 aliphatic rings. The van der Waals surface area contributed by atoms with Gasteiger partial charge in [0.15, 0.2) is 0 Å². The Morgan fingerprint density at radius 1 is 1.23 bits per heavy atom. The van der Waals surface area contributed by atoms with Crippen molar-refractivity contribution in [1.82, 2.24) is 9.80 Å². The summed E-state index contributed by atoms with van der Waals surface area (Å²) in [6.45, 7) is 10.3. The van der Waals surface area contributed by atoms with E-state index in [0.29, 0.717) is 17.4 Å². The fourth-order valence-electron chi connectivity index (χ4n) is 4.14. The second-order valence-electron chi connectivity index (χ2n) is 9.56. The molecule has 142 valence electrons. The Morgan fingerprint density at radius 3 is 2.46 bits per heavy atom. The SMILES string of the molecule is CC(C)(C)OC(=O)N(CC1(CN2CCC2)CC1)[C@H]1CC1c1ccccc1. The Kier molecular flexibility index (Phi) is 4.50. The summed E-state index contributed by atoms with van der Waals surface area (Å²) >= 11 is 0. The van der Waals surface area contributed by atoms with Gasteiger partial charge in [0.25, 0.3) is 0 Å². The maximum atomic E-state index is 13.0. The van der Waals surface area contributed by atoms with Gasteiger partial charge < -0.3 is 14.5 Å². The van der Waals surface area contributed by atoms with Gasteiger partial charge in [-0.2, -0.15) is 0 Å². The minimum absolute atomic E-state index is 0.129. The molecule has 0 aromatic heterocycles. The Hall–Kier alpha value is -1.55. The Labute approximate surface area is 157 Å². The van der Waals surface area contributed by atoms with E-state index in [1.165, 1.54) is 37.9 Å². The number of hydrogen-bond donors (Lipinski definition) is 0. The van der Waals surface area contributed by atoms with E-state index in [2.05, 4.69) is 40.1 Å². The minimum atomic E-state index is -0.444. The van der Waals surface area contributed by atoms with E-state index in [1.807, 2.05) is 20.8 Å². The Balaban J connectivity index is 1.46. The number of benzene rings is 1. The summed E-state index contributed by atoms with van der Waals surface area (Å²) in [5, 5.41) is 0. The number of carbonyl (C=O) groups is 1. The molecule has 0 spiro atoms. The van der Waals surface area contributed by atoms with Crippen LogP contribution in [-0.2, 0) is 4.74 Å². The van der Waals surface area contributed by atoms with Crippen molar-refractivity contribution in [3.05, 3.63) is 35.9 Å². The highest BCUT2D eigenvalue weighted by Gasteiger charge is 2.52. The molecule has 1 saturated heterocycles. The molecule has 0 N–H and O–H groups in total. The zero-order chi connectivity index (χ0) is 18.4. The quantitative estimate of drug-likeness (QED) is 0.763. The summed E-state index contributed by atoms with van der Waals surface area (Å²) in [5.41, 5.74) is 1.21. The molecule has 2 saturated carbocycles. The molecule has 1 unspecified atom stereocenters. The maximum absolute atomic E-state index is 13.0. The maximum Gasteiger partial charge on any atom is 0.410 e. The zero-order valence-corrected chi connectivity index (χ0v) is 16.4. The second kappa shape index (κ2) is 6.56. The summed E-state index contributed by atoms with van der Waals surface area (Å²) in [6.07, 6.45) is 4.74. The third-order valence-electron chi connectivity index (χ3n) is 5.98. The van der Waals surface area contributed by atoms with E-state index >= 15 is 0 Å². The first-order valence-corrected chi connectivity index (χ1v) is 10.1.